The van der Waals surface area contributed by atoms with E-state index in [4.69, 9.17) is 10.00 Å². The van der Waals surface area contributed by atoms with Crippen LogP contribution in [0, 0.1) is 17.2 Å². The van der Waals surface area contributed by atoms with Gasteiger partial charge in [0, 0.05) is 13.1 Å². The van der Waals surface area contributed by atoms with Gasteiger partial charge in [-0.1, -0.05) is 19.9 Å². The van der Waals surface area contributed by atoms with E-state index in [0.717, 1.165) is 12.2 Å². The molecule has 108 valence electrons. The molecule has 4 heteroatoms. The van der Waals surface area contributed by atoms with Gasteiger partial charge in [-0.3, -0.25) is 4.79 Å². The summed E-state index contributed by atoms with van der Waals surface area (Å²) in [6.45, 7) is 7.19. The molecule has 20 heavy (non-hydrogen) atoms. The van der Waals surface area contributed by atoms with E-state index < -0.39 is 0 Å². The fourth-order valence-electron chi connectivity index (χ4n) is 2.24. The molecule has 0 saturated heterocycles. The second-order valence-corrected chi connectivity index (χ2v) is 5.16. The molecule has 1 aromatic rings. The van der Waals surface area contributed by atoms with Crippen LogP contribution in [0.15, 0.2) is 18.2 Å². The Hall–Kier alpha value is -2.02. The average molecular weight is 274 g/mol. The lowest BCUT2D eigenvalue weighted by atomic mass is 10.1. The first-order chi connectivity index (χ1) is 9.51. The largest absolute Gasteiger partial charge is 0.496 e. The molecule has 0 radical (unpaired) electrons. The molecular formula is C16H22N2O2. The highest BCUT2D eigenvalue weighted by Crippen LogP contribution is 2.30. The Balaban J connectivity index is 3.24. The number of hydrogen-bond acceptors (Lipinski definition) is 4. The number of ether oxygens (including phenoxy) is 1. The van der Waals surface area contributed by atoms with Crippen molar-refractivity contribution in [2.75, 3.05) is 25.1 Å². The molecule has 0 saturated carbocycles. The number of benzene rings is 1. The van der Waals surface area contributed by atoms with E-state index in [-0.39, 0.29) is 5.78 Å². The first-order valence-electron chi connectivity index (χ1n) is 6.81. The Bertz CT molecular complexity index is 504. The van der Waals surface area contributed by atoms with Crippen LogP contribution < -0.4 is 9.64 Å². The van der Waals surface area contributed by atoms with Crippen molar-refractivity contribution in [3.05, 3.63) is 23.8 Å². The maximum absolute atomic E-state index is 11.9. The van der Waals surface area contributed by atoms with Gasteiger partial charge in [0.25, 0.3) is 0 Å². The van der Waals surface area contributed by atoms with E-state index in [1.165, 1.54) is 0 Å². The van der Waals surface area contributed by atoms with Crippen molar-refractivity contribution in [2.45, 2.75) is 27.2 Å². The van der Waals surface area contributed by atoms with E-state index in [1.54, 1.807) is 20.1 Å². The monoisotopic (exact) mass is 274 g/mol. The van der Waals surface area contributed by atoms with Crippen molar-refractivity contribution in [1.29, 1.82) is 5.26 Å². The molecule has 0 spiro atoms. The summed E-state index contributed by atoms with van der Waals surface area (Å²) in [5.74, 6) is 1.00. The first kappa shape index (κ1) is 16.0. The zero-order valence-electron chi connectivity index (χ0n) is 12.6. The van der Waals surface area contributed by atoms with Crippen molar-refractivity contribution >= 4 is 11.5 Å². The first-order valence-corrected chi connectivity index (χ1v) is 6.81. The molecule has 0 amide bonds. The molecule has 0 heterocycles. The standard InChI is InChI=1S/C16H22N2O2/c1-12(2)11-18(10-6-9-17)14-7-5-8-15(20-4)16(14)13(3)19/h5,7-8,12H,6,10-11H2,1-4H3. The van der Waals surface area contributed by atoms with E-state index in [1.807, 2.05) is 12.1 Å². The fraction of sp³-hybridized carbons (Fsp3) is 0.500. The number of Topliss-reactive ketones (excluding diaryl/α,β-unsaturated/α-hetero) is 1. The van der Waals surface area contributed by atoms with Crippen LogP contribution in [0.1, 0.15) is 37.6 Å². The molecule has 0 aliphatic carbocycles. The van der Waals surface area contributed by atoms with Crippen LogP contribution in [0.3, 0.4) is 0 Å². The third-order valence-corrected chi connectivity index (χ3v) is 3.00. The normalized spacial score (nSPS) is 10.2. The van der Waals surface area contributed by atoms with Gasteiger partial charge >= 0.3 is 0 Å². The molecule has 1 rings (SSSR count). The van der Waals surface area contributed by atoms with Crippen LogP contribution in [0.4, 0.5) is 5.69 Å². The van der Waals surface area contributed by atoms with Gasteiger partial charge in [0.1, 0.15) is 5.75 Å². The highest BCUT2D eigenvalue weighted by Gasteiger charge is 2.19. The maximum Gasteiger partial charge on any atom is 0.165 e. The predicted octanol–water partition coefficient (Wildman–Crippen LogP) is 3.27. The molecule has 0 aliphatic rings. The SMILES string of the molecule is COc1cccc(N(CCC#N)CC(C)C)c1C(C)=O. The van der Waals surface area contributed by atoms with Crippen molar-refractivity contribution < 1.29 is 9.53 Å². The van der Waals surface area contributed by atoms with Gasteiger partial charge in [0.15, 0.2) is 5.78 Å². The van der Waals surface area contributed by atoms with Crippen LogP contribution in [-0.4, -0.2) is 26.0 Å². The van der Waals surface area contributed by atoms with Gasteiger partial charge in [-0.05, 0) is 25.0 Å². The zero-order chi connectivity index (χ0) is 15.1. The number of carbonyl (C=O) groups is 1. The smallest absolute Gasteiger partial charge is 0.165 e. The van der Waals surface area contributed by atoms with Crippen LogP contribution >= 0.6 is 0 Å². The Morgan fingerprint density at radius 1 is 1.45 bits per heavy atom. The van der Waals surface area contributed by atoms with Crippen LogP contribution in [0.2, 0.25) is 0 Å². The number of methoxy groups -OCH3 is 1. The summed E-state index contributed by atoms with van der Waals surface area (Å²) in [6.07, 6.45) is 0.432. The highest BCUT2D eigenvalue weighted by molar-refractivity contribution is 6.02. The lowest BCUT2D eigenvalue weighted by Crippen LogP contribution is -2.30. The third-order valence-electron chi connectivity index (χ3n) is 3.00. The summed E-state index contributed by atoms with van der Waals surface area (Å²) in [6, 6.07) is 7.74. The molecule has 4 nitrogen and oxygen atoms in total. The molecule has 0 atom stereocenters. The van der Waals surface area contributed by atoms with Gasteiger partial charge in [0.05, 0.1) is 30.9 Å². The van der Waals surface area contributed by atoms with E-state index in [2.05, 4.69) is 24.8 Å². The molecule has 0 aromatic heterocycles. The van der Waals surface area contributed by atoms with E-state index >= 15 is 0 Å². The van der Waals surface area contributed by atoms with Crippen LogP contribution in [-0.2, 0) is 0 Å². The Morgan fingerprint density at radius 2 is 2.15 bits per heavy atom. The van der Waals surface area contributed by atoms with Crippen LogP contribution in [0.5, 0.6) is 5.75 Å². The molecule has 0 aliphatic heterocycles. The Labute approximate surface area is 121 Å². The van der Waals surface area contributed by atoms with Crippen molar-refractivity contribution in [3.63, 3.8) is 0 Å². The number of carbonyl (C=O) groups excluding carboxylic acids is 1. The molecule has 0 unspecified atom stereocenters. The van der Waals surface area contributed by atoms with Crippen molar-refractivity contribution in [2.24, 2.45) is 5.92 Å². The minimum absolute atomic E-state index is 0.0248. The molecule has 0 fully saturated rings. The lowest BCUT2D eigenvalue weighted by Gasteiger charge is -2.28. The summed E-state index contributed by atoms with van der Waals surface area (Å²) in [5.41, 5.74) is 1.44. The second-order valence-electron chi connectivity index (χ2n) is 5.16. The number of nitriles is 1. The Kier molecular flexibility index (Phi) is 6.05. The van der Waals surface area contributed by atoms with Crippen molar-refractivity contribution in [3.8, 4) is 11.8 Å². The zero-order valence-corrected chi connectivity index (χ0v) is 12.6. The number of anilines is 1. The van der Waals surface area contributed by atoms with Gasteiger partial charge in [-0.2, -0.15) is 5.26 Å². The Morgan fingerprint density at radius 3 is 2.65 bits per heavy atom. The summed E-state index contributed by atoms with van der Waals surface area (Å²) >= 11 is 0. The number of rotatable bonds is 7. The number of nitrogens with zero attached hydrogens (tertiary/aromatic N) is 2. The molecular weight excluding hydrogens is 252 g/mol. The quantitative estimate of drug-likeness (QED) is 0.716. The average Bonchev–Trinajstić information content (AvgIpc) is 2.41. The molecule has 1 aromatic carbocycles. The van der Waals surface area contributed by atoms with Gasteiger partial charge < -0.3 is 9.64 Å². The highest BCUT2D eigenvalue weighted by atomic mass is 16.5. The summed E-state index contributed by atoms with van der Waals surface area (Å²) in [4.78, 5) is 14.0. The summed E-state index contributed by atoms with van der Waals surface area (Å²) in [7, 11) is 1.56. The summed E-state index contributed by atoms with van der Waals surface area (Å²) in [5, 5.41) is 8.81. The predicted molar refractivity (Wildman–Crippen MR) is 80.3 cm³/mol. The lowest BCUT2D eigenvalue weighted by molar-refractivity contribution is 0.101. The van der Waals surface area contributed by atoms with Gasteiger partial charge in [-0.15, -0.1) is 0 Å². The number of hydrogen-bond donors (Lipinski definition) is 0. The van der Waals surface area contributed by atoms with Crippen molar-refractivity contribution in [1.82, 2.24) is 0 Å². The fourth-order valence-corrected chi connectivity index (χ4v) is 2.24. The topological polar surface area (TPSA) is 53.3 Å². The van der Waals surface area contributed by atoms with E-state index in [0.29, 0.717) is 30.2 Å². The maximum atomic E-state index is 11.9. The minimum atomic E-state index is -0.0248. The molecule has 0 bridgehead atoms. The summed E-state index contributed by atoms with van der Waals surface area (Å²) < 4.78 is 5.29. The second kappa shape index (κ2) is 7.54. The van der Waals surface area contributed by atoms with Gasteiger partial charge in [-0.25, -0.2) is 0 Å². The minimum Gasteiger partial charge on any atom is -0.496 e. The third kappa shape index (κ3) is 3.99. The number of ketones is 1. The molecule has 0 N–H and O–H groups in total. The van der Waals surface area contributed by atoms with Gasteiger partial charge in [0.2, 0.25) is 0 Å². The van der Waals surface area contributed by atoms with Crippen LogP contribution in [0.25, 0.3) is 0 Å². The van der Waals surface area contributed by atoms with E-state index in [9.17, 15) is 4.79 Å².